The van der Waals surface area contributed by atoms with Gasteiger partial charge in [-0.05, 0) is 31.4 Å². The van der Waals surface area contributed by atoms with Gasteiger partial charge >= 0.3 is 15.6 Å². The van der Waals surface area contributed by atoms with Gasteiger partial charge < -0.3 is 19.3 Å². The maximum absolute atomic E-state index is 15.6. The summed E-state index contributed by atoms with van der Waals surface area (Å²) in [5.74, 6) is -3.27. The Morgan fingerprint density at radius 1 is 1.25 bits per heavy atom. The average molecular weight is 605 g/mol. The molecule has 1 aromatic carbocycles. The highest BCUT2D eigenvalue weighted by Gasteiger charge is 2.49. The van der Waals surface area contributed by atoms with E-state index in [4.69, 9.17) is 4.74 Å². The van der Waals surface area contributed by atoms with E-state index in [1.807, 2.05) is 6.92 Å². The zero-order chi connectivity index (χ0) is 29.0. The molecule has 3 aromatic heterocycles. The Balaban J connectivity index is 1.83. The number of thiophene rings is 1. The van der Waals surface area contributed by atoms with Gasteiger partial charge in [0.1, 0.15) is 35.4 Å². The van der Waals surface area contributed by atoms with Crippen molar-refractivity contribution >= 4 is 31.5 Å². The van der Waals surface area contributed by atoms with Crippen LogP contribution < -0.4 is 14.2 Å². The van der Waals surface area contributed by atoms with Crippen molar-refractivity contribution in [3.8, 4) is 34.1 Å². The second-order valence-corrected chi connectivity index (χ2v) is 11.6. The quantitative estimate of drug-likeness (QED) is 0.176. The molecule has 0 spiro atoms. The lowest BCUT2D eigenvalue weighted by molar-refractivity contribution is -0.0500. The van der Waals surface area contributed by atoms with Crippen molar-refractivity contribution in [2.24, 2.45) is 0 Å². The number of pyridine rings is 1. The molecule has 0 radical (unpaired) electrons. The minimum absolute atomic E-state index is 0.0316. The zero-order valence-electron chi connectivity index (χ0n) is 20.8. The van der Waals surface area contributed by atoms with Gasteiger partial charge in [0.05, 0.1) is 33.5 Å². The highest BCUT2D eigenvalue weighted by Crippen LogP contribution is 2.47. The summed E-state index contributed by atoms with van der Waals surface area (Å²) in [6.07, 6.45) is -1.00. The van der Waals surface area contributed by atoms with Crippen LogP contribution in [0, 0.1) is 11.6 Å². The minimum atomic E-state index is -6.12. The van der Waals surface area contributed by atoms with Crippen molar-refractivity contribution in [1.29, 1.82) is 0 Å². The number of aromatic nitrogens is 3. The summed E-state index contributed by atoms with van der Waals surface area (Å²) >= 11 is 0.938. The lowest BCUT2D eigenvalue weighted by atomic mass is 9.99. The molecule has 40 heavy (non-hydrogen) atoms. The van der Waals surface area contributed by atoms with E-state index < -0.39 is 39.2 Å². The number of hydrogen-bond acceptors (Lipinski definition) is 9. The molecule has 0 saturated heterocycles. The molecule has 0 fully saturated rings. The maximum atomic E-state index is 15.6. The van der Waals surface area contributed by atoms with Crippen LogP contribution in [-0.2, 0) is 16.7 Å². The van der Waals surface area contributed by atoms with Crippen LogP contribution in [0.25, 0.3) is 32.6 Å². The van der Waals surface area contributed by atoms with E-state index in [1.54, 1.807) is 10.7 Å². The number of rotatable bonds is 7. The van der Waals surface area contributed by atoms with Crippen molar-refractivity contribution in [3.63, 3.8) is 0 Å². The summed E-state index contributed by atoms with van der Waals surface area (Å²) in [6, 6.07) is 4.21. The molecule has 2 atom stereocenters. The molecule has 4 heterocycles. The largest absolute Gasteiger partial charge is 0.534 e. The molecule has 4 aromatic rings. The smallest absolute Gasteiger partial charge is 0.490 e. The van der Waals surface area contributed by atoms with Gasteiger partial charge in [-0.25, -0.2) is 13.8 Å². The average Bonchev–Trinajstić information content (AvgIpc) is 3.50. The molecule has 0 aliphatic carbocycles. The third-order valence-corrected chi connectivity index (χ3v) is 7.89. The number of benzene rings is 1. The van der Waals surface area contributed by atoms with Gasteiger partial charge in [-0.3, -0.25) is 4.68 Å². The molecular formula is C24H21F5N4O5S2. The summed E-state index contributed by atoms with van der Waals surface area (Å²) in [5.41, 5.74) is -5.53. The highest BCUT2D eigenvalue weighted by atomic mass is 32.2. The van der Waals surface area contributed by atoms with Crippen molar-refractivity contribution in [3.05, 3.63) is 47.0 Å². The number of alkyl halides is 3. The van der Waals surface area contributed by atoms with Crippen LogP contribution in [0.3, 0.4) is 0 Å². The monoisotopic (exact) mass is 604 g/mol. The second-order valence-electron chi connectivity index (χ2n) is 9.15. The number of aliphatic hydroxyl groups excluding tert-OH is 1. The molecule has 1 aliphatic heterocycles. The van der Waals surface area contributed by atoms with E-state index in [0.29, 0.717) is 24.8 Å². The van der Waals surface area contributed by atoms with Gasteiger partial charge in [0, 0.05) is 30.8 Å². The first kappa shape index (κ1) is 28.2. The SMILES string of the molecule is C[C@@H](O)COc1cc(F)cc(F)c1-c1c(-c2cc3n(n2)[C@@H](C)CNC3)nc(OS(=O)(=O)C(F)(F)F)c2ccsc12. The third kappa shape index (κ3) is 5.11. The first-order valence-corrected chi connectivity index (χ1v) is 14.1. The van der Waals surface area contributed by atoms with Crippen LogP contribution in [0.15, 0.2) is 29.6 Å². The van der Waals surface area contributed by atoms with Crippen LogP contribution in [0.2, 0.25) is 0 Å². The molecule has 0 saturated carbocycles. The van der Waals surface area contributed by atoms with Crippen molar-refractivity contribution in [2.45, 2.75) is 38.0 Å². The summed E-state index contributed by atoms with van der Waals surface area (Å²) < 4.78 is 105. The highest BCUT2D eigenvalue weighted by molar-refractivity contribution is 7.88. The first-order valence-electron chi connectivity index (χ1n) is 11.8. The van der Waals surface area contributed by atoms with E-state index in [9.17, 15) is 31.1 Å². The van der Waals surface area contributed by atoms with E-state index in [-0.39, 0.29) is 51.0 Å². The summed E-state index contributed by atoms with van der Waals surface area (Å²) in [6.45, 7) is 3.90. The summed E-state index contributed by atoms with van der Waals surface area (Å²) in [7, 11) is -6.12. The van der Waals surface area contributed by atoms with Gasteiger partial charge in [0.2, 0.25) is 5.88 Å². The molecule has 5 rings (SSSR count). The van der Waals surface area contributed by atoms with Gasteiger partial charge in [-0.1, -0.05) is 0 Å². The van der Waals surface area contributed by atoms with Crippen LogP contribution in [0.5, 0.6) is 11.6 Å². The third-order valence-electron chi connectivity index (χ3n) is 6.01. The fourth-order valence-corrected chi connectivity index (χ4v) is 5.67. The zero-order valence-corrected chi connectivity index (χ0v) is 22.4. The topological polar surface area (TPSA) is 116 Å². The molecule has 0 bridgehead atoms. The Kier molecular flexibility index (Phi) is 7.22. The number of hydrogen-bond donors (Lipinski definition) is 2. The van der Waals surface area contributed by atoms with Gasteiger partial charge in [-0.2, -0.15) is 26.7 Å². The number of nitrogens with one attached hydrogen (secondary N) is 1. The second kappa shape index (κ2) is 10.2. The van der Waals surface area contributed by atoms with E-state index in [1.165, 1.54) is 18.4 Å². The molecule has 16 heteroatoms. The number of fused-ring (bicyclic) bond motifs is 2. The van der Waals surface area contributed by atoms with E-state index in [2.05, 4.69) is 19.6 Å². The number of halogens is 5. The molecular weight excluding hydrogens is 583 g/mol. The predicted octanol–water partition coefficient (Wildman–Crippen LogP) is 4.76. The molecule has 214 valence electrons. The van der Waals surface area contributed by atoms with Crippen LogP contribution in [0.1, 0.15) is 25.6 Å². The molecule has 1 aliphatic rings. The lowest BCUT2D eigenvalue weighted by Crippen LogP contribution is -2.31. The van der Waals surface area contributed by atoms with Crippen LogP contribution >= 0.6 is 11.3 Å². The fraction of sp³-hybridized carbons (Fsp3) is 0.333. The first-order chi connectivity index (χ1) is 18.8. The Labute approximate surface area is 228 Å². The molecule has 0 unspecified atom stereocenters. The van der Waals surface area contributed by atoms with Crippen molar-refractivity contribution in [1.82, 2.24) is 20.1 Å². The predicted molar refractivity (Wildman–Crippen MR) is 135 cm³/mol. The Morgan fingerprint density at radius 2 is 2.00 bits per heavy atom. The Hall–Kier alpha value is -3.34. The van der Waals surface area contributed by atoms with Gasteiger partial charge in [-0.15, -0.1) is 11.3 Å². The minimum Gasteiger partial charge on any atom is -0.490 e. The van der Waals surface area contributed by atoms with E-state index >= 15 is 4.39 Å². The normalized spacial score (nSPS) is 16.6. The summed E-state index contributed by atoms with van der Waals surface area (Å²) in [4.78, 5) is 4.13. The number of ether oxygens (including phenoxy) is 1. The van der Waals surface area contributed by atoms with Crippen LogP contribution in [-0.4, -0.2) is 53.1 Å². The standard InChI is InChI=1S/C24H21F5N4O5S2/c1-11-8-30-9-14-7-17(32-33(11)14)21-20(19-16(26)5-13(25)6-18(19)37-10-12(2)34)22-15(3-4-39-22)23(31-21)38-40(35,36)24(27,28)29/h3-7,11-12,30,34H,8-10H2,1-2H3/t11-,12+/m0/s1. The van der Waals surface area contributed by atoms with Crippen LogP contribution in [0.4, 0.5) is 22.0 Å². The van der Waals surface area contributed by atoms with E-state index in [0.717, 1.165) is 17.4 Å². The fourth-order valence-electron chi connectivity index (χ4n) is 4.30. The maximum Gasteiger partial charge on any atom is 0.534 e. The van der Waals surface area contributed by atoms with Gasteiger partial charge in [0.15, 0.2) is 0 Å². The number of aliphatic hydroxyl groups is 1. The van der Waals surface area contributed by atoms with Crippen molar-refractivity contribution < 1.29 is 44.4 Å². The molecule has 2 N–H and O–H groups in total. The molecule has 0 amide bonds. The summed E-state index contributed by atoms with van der Waals surface area (Å²) in [5, 5.41) is 18.7. The molecule has 9 nitrogen and oxygen atoms in total. The lowest BCUT2D eigenvalue weighted by Gasteiger charge is -2.21. The Morgan fingerprint density at radius 3 is 2.67 bits per heavy atom. The number of nitrogens with zero attached hydrogens (tertiary/aromatic N) is 3. The Bertz CT molecular complexity index is 1700. The van der Waals surface area contributed by atoms with Gasteiger partial charge in [0.25, 0.3) is 0 Å². The van der Waals surface area contributed by atoms with Crippen molar-refractivity contribution in [2.75, 3.05) is 13.2 Å².